The number of esters is 1. The van der Waals surface area contributed by atoms with Crippen molar-refractivity contribution in [3.63, 3.8) is 0 Å². The van der Waals surface area contributed by atoms with Gasteiger partial charge in [0.2, 0.25) is 0 Å². The summed E-state index contributed by atoms with van der Waals surface area (Å²) in [5.41, 5.74) is 2.23. The standard InChI is InChI=1S/C15H18N2O3S/c1-3-20-15(19)13-8-16-17(2)14(13)10-21-12-6-4-11(9-18)5-7-12/h4-8,18H,3,9-10H2,1-2H3. The molecule has 5 nitrogen and oxygen atoms in total. The molecule has 0 saturated carbocycles. The van der Waals surface area contributed by atoms with Crippen molar-refractivity contribution >= 4 is 17.7 Å². The van der Waals surface area contributed by atoms with Crippen molar-refractivity contribution in [3.8, 4) is 0 Å². The molecule has 1 aromatic heterocycles. The van der Waals surface area contributed by atoms with Crippen LogP contribution in [0.15, 0.2) is 35.4 Å². The molecule has 0 aliphatic heterocycles. The second-order valence-electron chi connectivity index (χ2n) is 4.44. The van der Waals surface area contributed by atoms with Crippen molar-refractivity contribution in [1.82, 2.24) is 9.78 Å². The maximum atomic E-state index is 11.9. The minimum absolute atomic E-state index is 0.0414. The molecule has 2 aromatic rings. The SMILES string of the molecule is CCOC(=O)c1cnn(C)c1CSc1ccc(CO)cc1. The Balaban J connectivity index is 2.08. The van der Waals surface area contributed by atoms with E-state index in [9.17, 15) is 4.79 Å². The zero-order valence-electron chi connectivity index (χ0n) is 12.1. The smallest absolute Gasteiger partial charge is 0.341 e. The molecule has 21 heavy (non-hydrogen) atoms. The van der Waals surface area contributed by atoms with Crippen molar-refractivity contribution in [2.24, 2.45) is 7.05 Å². The van der Waals surface area contributed by atoms with Crippen LogP contribution in [0.3, 0.4) is 0 Å². The molecule has 0 aliphatic carbocycles. The van der Waals surface area contributed by atoms with Gasteiger partial charge in [-0.05, 0) is 24.6 Å². The van der Waals surface area contributed by atoms with E-state index in [-0.39, 0.29) is 12.6 Å². The van der Waals surface area contributed by atoms with Gasteiger partial charge in [-0.3, -0.25) is 4.68 Å². The van der Waals surface area contributed by atoms with Crippen LogP contribution >= 0.6 is 11.8 Å². The van der Waals surface area contributed by atoms with E-state index in [0.29, 0.717) is 17.9 Å². The number of carbonyl (C=O) groups excluding carboxylic acids is 1. The molecule has 2 rings (SSSR count). The zero-order chi connectivity index (χ0) is 15.2. The van der Waals surface area contributed by atoms with Crippen LogP contribution in [-0.4, -0.2) is 27.5 Å². The van der Waals surface area contributed by atoms with Gasteiger partial charge < -0.3 is 9.84 Å². The van der Waals surface area contributed by atoms with E-state index >= 15 is 0 Å². The van der Waals surface area contributed by atoms with Crippen molar-refractivity contribution in [1.29, 1.82) is 0 Å². The van der Waals surface area contributed by atoms with Gasteiger partial charge in [-0.2, -0.15) is 5.10 Å². The fourth-order valence-corrected chi connectivity index (χ4v) is 2.83. The molecular weight excluding hydrogens is 288 g/mol. The molecule has 0 spiro atoms. The maximum Gasteiger partial charge on any atom is 0.341 e. The summed E-state index contributed by atoms with van der Waals surface area (Å²) >= 11 is 1.61. The van der Waals surface area contributed by atoms with Crippen LogP contribution in [0, 0.1) is 0 Å². The lowest BCUT2D eigenvalue weighted by Crippen LogP contribution is -2.08. The fourth-order valence-electron chi connectivity index (χ4n) is 1.86. The number of aromatic nitrogens is 2. The Morgan fingerprint density at radius 1 is 1.38 bits per heavy atom. The lowest BCUT2D eigenvalue weighted by atomic mass is 10.2. The van der Waals surface area contributed by atoms with Gasteiger partial charge in [0.05, 0.1) is 25.1 Å². The third kappa shape index (κ3) is 3.86. The number of rotatable bonds is 6. The van der Waals surface area contributed by atoms with Gasteiger partial charge in [0.25, 0.3) is 0 Å². The number of aryl methyl sites for hydroxylation is 1. The first-order chi connectivity index (χ1) is 10.2. The lowest BCUT2D eigenvalue weighted by Gasteiger charge is -2.06. The van der Waals surface area contributed by atoms with Gasteiger partial charge in [-0.15, -0.1) is 11.8 Å². The molecule has 1 N–H and O–H groups in total. The third-order valence-corrected chi connectivity index (χ3v) is 4.06. The first-order valence-corrected chi connectivity index (χ1v) is 7.64. The Morgan fingerprint density at radius 2 is 2.10 bits per heavy atom. The largest absolute Gasteiger partial charge is 0.462 e. The third-order valence-electron chi connectivity index (χ3n) is 3.04. The first kappa shape index (κ1) is 15.6. The van der Waals surface area contributed by atoms with E-state index in [1.54, 1.807) is 29.6 Å². The number of ether oxygens (including phenoxy) is 1. The van der Waals surface area contributed by atoms with Gasteiger partial charge in [0.15, 0.2) is 0 Å². The highest BCUT2D eigenvalue weighted by molar-refractivity contribution is 7.98. The van der Waals surface area contributed by atoms with Crippen LogP contribution < -0.4 is 0 Å². The Bertz CT molecular complexity index is 608. The Kier molecular flexibility index (Phi) is 5.41. The predicted molar refractivity (Wildman–Crippen MR) is 81.1 cm³/mol. The monoisotopic (exact) mass is 306 g/mol. The number of hydrogen-bond acceptors (Lipinski definition) is 5. The zero-order valence-corrected chi connectivity index (χ0v) is 12.9. The molecular formula is C15H18N2O3S. The second-order valence-corrected chi connectivity index (χ2v) is 5.49. The van der Waals surface area contributed by atoms with E-state index in [1.807, 2.05) is 31.3 Å². The van der Waals surface area contributed by atoms with Crippen molar-refractivity contribution in [3.05, 3.63) is 47.3 Å². The number of aliphatic hydroxyl groups excluding tert-OH is 1. The highest BCUT2D eigenvalue weighted by Gasteiger charge is 2.17. The van der Waals surface area contributed by atoms with Crippen LogP contribution in [0.2, 0.25) is 0 Å². The van der Waals surface area contributed by atoms with Crippen LogP contribution in [0.25, 0.3) is 0 Å². The topological polar surface area (TPSA) is 64.3 Å². The normalized spacial score (nSPS) is 10.6. The molecule has 0 atom stereocenters. The summed E-state index contributed by atoms with van der Waals surface area (Å²) in [4.78, 5) is 12.9. The minimum Gasteiger partial charge on any atom is -0.462 e. The van der Waals surface area contributed by atoms with E-state index in [0.717, 1.165) is 16.2 Å². The van der Waals surface area contributed by atoms with Crippen LogP contribution in [0.5, 0.6) is 0 Å². The Hall–Kier alpha value is -1.79. The van der Waals surface area contributed by atoms with E-state index in [1.165, 1.54) is 0 Å². The van der Waals surface area contributed by atoms with Gasteiger partial charge in [-0.25, -0.2) is 4.79 Å². The summed E-state index contributed by atoms with van der Waals surface area (Å²) in [6.45, 7) is 2.17. The molecule has 1 aromatic carbocycles. The summed E-state index contributed by atoms with van der Waals surface area (Å²) in [6.07, 6.45) is 1.54. The quantitative estimate of drug-likeness (QED) is 0.656. The Morgan fingerprint density at radius 3 is 2.71 bits per heavy atom. The summed E-state index contributed by atoms with van der Waals surface area (Å²) in [5.74, 6) is 0.292. The number of nitrogens with zero attached hydrogens (tertiary/aromatic N) is 2. The maximum absolute atomic E-state index is 11.9. The summed E-state index contributed by atoms with van der Waals surface area (Å²) < 4.78 is 6.73. The number of thioether (sulfide) groups is 1. The molecule has 0 aliphatic rings. The number of carbonyl (C=O) groups is 1. The highest BCUT2D eigenvalue weighted by Crippen LogP contribution is 2.25. The van der Waals surface area contributed by atoms with Crippen molar-refractivity contribution in [2.45, 2.75) is 24.2 Å². The summed E-state index contributed by atoms with van der Waals surface area (Å²) in [7, 11) is 1.81. The van der Waals surface area contributed by atoms with E-state index < -0.39 is 0 Å². The molecule has 6 heteroatoms. The van der Waals surface area contributed by atoms with Crippen LogP contribution in [0.1, 0.15) is 28.5 Å². The predicted octanol–water partition coefficient (Wildman–Crippen LogP) is 2.38. The van der Waals surface area contributed by atoms with Gasteiger partial charge in [0.1, 0.15) is 5.56 Å². The molecule has 0 unspecified atom stereocenters. The summed E-state index contributed by atoms with van der Waals surface area (Å²) in [5, 5.41) is 13.2. The van der Waals surface area contributed by atoms with Crippen molar-refractivity contribution in [2.75, 3.05) is 6.61 Å². The average Bonchev–Trinajstić information content (AvgIpc) is 2.87. The lowest BCUT2D eigenvalue weighted by molar-refractivity contribution is 0.0525. The molecule has 1 heterocycles. The molecule has 0 amide bonds. The number of aliphatic hydroxyl groups is 1. The molecule has 112 valence electrons. The average molecular weight is 306 g/mol. The minimum atomic E-state index is -0.336. The van der Waals surface area contributed by atoms with Crippen LogP contribution in [-0.2, 0) is 24.1 Å². The first-order valence-electron chi connectivity index (χ1n) is 6.66. The molecule has 0 saturated heterocycles. The van der Waals surface area contributed by atoms with Crippen molar-refractivity contribution < 1.29 is 14.6 Å². The molecule has 0 bridgehead atoms. The molecule has 0 fully saturated rings. The number of hydrogen-bond donors (Lipinski definition) is 1. The van der Waals surface area contributed by atoms with Gasteiger partial charge in [0, 0.05) is 17.7 Å². The fraction of sp³-hybridized carbons (Fsp3) is 0.333. The number of benzene rings is 1. The molecule has 0 radical (unpaired) electrons. The van der Waals surface area contributed by atoms with E-state index in [4.69, 9.17) is 9.84 Å². The second kappa shape index (κ2) is 7.28. The summed E-state index contributed by atoms with van der Waals surface area (Å²) in [6, 6.07) is 7.68. The highest BCUT2D eigenvalue weighted by atomic mass is 32.2. The van der Waals surface area contributed by atoms with Crippen LogP contribution in [0.4, 0.5) is 0 Å². The van der Waals surface area contributed by atoms with Gasteiger partial charge >= 0.3 is 5.97 Å². The van der Waals surface area contributed by atoms with E-state index in [2.05, 4.69) is 5.10 Å². The van der Waals surface area contributed by atoms with Gasteiger partial charge in [-0.1, -0.05) is 12.1 Å². The Labute approximate surface area is 127 Å².